The van der Waals surface area contributed by atoms with Gasteiger partial charge in [0.25, 0.3) is 0 Å². The van der Waals surface area contributed by atoms with Crippen LogP contribution in [0.2, 0.25) is 0 Å². The molecular weight excluding hydrogens is 220 g/mol. The molecule has 3 rings (SSSR count). The summed E-state index contributed by atoms with van der Waals surface area (Å²) in [5.74, 6) is 0. The van der Waals surface area contributed by atoms with Crippen molar-refractivity contribution in [1.82, 2.24) is 4.98 Å². The van der Waals surface area contributed by atoms with Crippen LogP contribution in [0.5, 0.6) is 0 Å². The smallest absolute Gasteiger partial charge is 0.0300 e. The molecule has 0 aliphatic heterocycles. The van der Waals surface area contributed by atoms with Crippen LogP contribution in [0.4, 0.5) is 0 Å². The van der Waals surface area contributed by atoms with Crippen LogP contribution in [0.1, 0.15) is 22.3 Å². The summed E-state index contributed by atoms with van der Waals surface area (Å²) in [6.45, 7) is 2.07. The number of nitrogens with two attached hydrogens (primary N) is 1. The van der Waals surface area contributed by atoms with Gasteiger partial charge in [0.05, 0.1) is 0 Å². The predicted molar refractivity (Wildman–Crippen MR) is 73.4 cm³/mol. The Kier molecular flexibility index (Phi) is 2.67. The van der Waals surface area contributed by atoms with Gasteiger partial charge in [-0.15, -0.1) is 0 Å². The predicted octanol–water partition coefficient (Wildman–Crippen LogP) is 2.43. The summed E-state index contributed by atoms with van der Waals surface area (Å²) in [5.41, 5.74) is 11.7. The Balaban J connectivity index is 1.83. The first-order chi connectivity index (χ1) is 8.65. The van der Waals surface area contributed by atoms with Crippen LogP contribution in [-0.2, 0) is 19.3 Å². The molecule has 0 unspecified atom stereocenters. The zero-order valence-electron chi connectivity index (χ0n) is 10.7. The van der Waals surface area contributed by atoms with Gasteiger partial charge in [0.15, 0.2) is 0 Å². The molecule has 0 spiro atoms. The maximum atomic E-state index is 6.56. The summed E-state index contributed by atoms with van der Waals surface area (Å²) in [7, 11) is 0. The summed E-state index contributed by atoms with van der Waals surface area (Å²) < 4.78 is 0. The third-order valence-corrected chi connectivity index (χ3v) is 3.69. The lowest BCUT2D eigenvalue weighted by Gasteiger charge is -2.23. The van der Waals surface area contributed by atoms with Gasteiger partial charge in [0.2, 0.25) is 0 Å². The fourth-order valence-electron chi connectivity index (χ4n) is 2.97. The number of hydrogen-bond acceptors (Lipinski definition) is 2. The van der Waals surface area contributed by atoms with E-state index in [4.69, 9.17) is 5.73 Å². The van der Waals surface area contributed by atoms with E-state index in [1.807, 2.05) is 12.4 Å². The van der Waals surface area contributed by atoms with Gasteiger partial charge < -0.3 is 5.73 Å². The molecule has 2 N–H and O–H groups in total. The molecule has 2 heteroatoms. The van der Waals surface area contributed by atoms with E-state index in [9.17, 15) is 0 Å². The summed E-state index contributed by atoms with van der Waals surface area (Å²) in [5, 5.41) is 0. The Morgan fingerprint density at radius 1 is 1.17 bits per heavy atom. The molecule has 1 heterocycles. The van der Waals surface area contributed by atoms with Crippen molar-refractivity contribution >= 4 is 0 Å². The molecule has 0 bridgehead atoms. The molecule has 1 aliphatic carbocycles. The van der Waals surface area contributed by atoms with Crippen LogP contribution in [0.3, 0.4) is 0 Å². The van der Waals surface area contributed by atoms with Crippen LogP contribution >= 0.6 is 0 Å². The summed E-state index contributed by atoms with van der Waals surface area (Å²) in [6.07, 6.45) is 6.66. The van der Waals surface area contributed by atoms with E-state index in [0.717, 1.165) is 19.3 Å². The van der Waals surface area contributed by atoms with Crippen molar-refractivity contribution in [2.75, 3.05) is 0 Å². The average Bonchev–Trinajstić information content (AvgIpc) is 2.64. The van der Waals surface area contributed by atoms with Gasteiger partial charge in [-0.1, -0.05) is 30.3 Å². The van der Waals surface area contributed by atoms with Crippen molar-refractivity contribution in [3.8, 4) is 0 Å². The zero-order valence-corrected chi connectivity index (χ0v) is 10.7. The molecule has 18 heavy (non-hydrogen) atoms. The maximum absolute atomic E-state index is 6.56. The summed E-state index contributed by atoms with van der Waals surface area (Å²) in [4.78, 5) is 4.25. The number of aromatic nitrogens is 1. The molecular formula is C16H18N2. The standard InChI is InChI=1S/C16H18N2/c1-12-6-13(11-18-10-12)7-16(17)8-14-4-2-3-5-15(14)9-16/h2-6,10-11H,7-9,17H2,1H3. The third kappa shape index (κ3) is 2.16. The number of rotatable bonds is 2. The quantitative estimate of drug-likeness (QED) is 0.872. The fourth-order valence-corrected chi connectivity index (χ4v) is 2.97. The van der Waals surface area contributed by atoms with Crippen LogP contribution in [0.15, 0.2) is 42.7 Å². The topological polar surface area (TPSA) is 38.9 Å². The Hall–Kier alpha value is -1.67. The van der Waals surface area contributed by atoms with Crippen LogP contribution in [-0.4, -0.2) is 10.5 Å². The van der Waals surface area contributed by atoms with Gasteiger partial charge in [-0.05, 0) is 48.4 Å². The number of pyridine rings is 1. The van der Waals surface area contributed by atoms with Gasteiger partial charge in [-0.3, -0.25) is 4.98 Å². The second-order valence-corrected chi connectivity index (χ2v) is 5.53. The minimum atomic E-state index is -0.140. The Morgan fingerprint density at radius 3 is 2.44 bits per heavy atom. The second kappa shape index (κ2) is 4.21. The van der Waals surface area contributed by atoms with Gasteiger partial charge in [-0.2, -0.15) is 0 Å². The first kappa shape index (κ1) is 11.4. The highest BCUT2D eigenvalue weighted by molar-refractivity contribution is 5.37. The van der Waals surface area contributed by atoms with Gasteiger partial charge in [-0.25, -0.2) is 0 Å². The van der Waals surface area contributed by atoms with E-state index in [0.29, 0.717) is 0 Å². The van der Waals surface area contributed by atoms with E-state index in [-0.39, 0.29) is 5.54 Å². The molecule has 0 atom stereocenters. The highest BCUT2D eigenvalue weighted by Gasteiger charge is 2.33. The number of nitrogens with zero attached hydrogens (tertiary/aromatic N) is 1. The Bertz CT molecular complexity index is 550. The molecule has 1 aliphatic rings. The van der Waals surface area contributed by atoms with E-state index in [1.54, 1.807) is 0 Å². The Morgan fingerprint density at radius 2 is 1.83 bits per heavy atom. The van der Waals surface area contributed by atoms with Crippen LogP contribution in [0, 0.1) is 6.92 Å². The molecule has 0 fully saturated rings. The molecule has 2 nitrogen and oxygen atoms in total. The lowest BCUT2D eigenvalue weighted by molar-refractivity contribution is 0.445. The lowest BCUT2D eigenvalue weighted by Crippen LogP contribution is -2.43. The van der Waals surface area contributed by atoms with E-state index in [1.165, 1.54) is 22.3 Å². The monoisotopic (exact) mass is 238 g/mol. The average molecular weight is 238 g/mol. The molecule has 1 aromatic carbocycles. The summed E-state index contributed by atoms with van der Waals surface area (Å²) in [6, 6.07) is 10.8. The van der Waals surface area contributed by atoms with Crippen molar-refractivity contribution in [1.29, 1.82) is 0 Å². The normalized spacial score (nSPS) is 16.6. The maximum Gasteiger partial charge on any atom is 0.0300 e. The van der Waals surface area contributed by atoms with E-state index >= 15 is 0 Å². The molecule has 92 valence electrons. The van der Waals surface area contributed by atoms with Crippen LogP contribution in [0.25, 0.3) is 0 Å². The lowest BCUT2D eigenvalue weighted by atomic mass is 9.89. The van der Waals surface area contributed by atoms with Gasteiger partial charge in [0, 0.05) is 17.9 Å². The zero-order chi connectivity index (χ0) is 12.6. The minimum Gasteiger partial charge on any atom is -0.324 e. The number of aryl methyl sites for hydroxylation is 1. The minimum absolute atomic E-state index is 0.140. The van der Waals surface area contributed by atoms with E-state index in [2.05, 4.69) is 42.2 Å². The molecule has 0 amide bonds. The van der Waals surface area contributed by atoms with Crippen molar-refractivity contribution < 1.29 is 0 Å². The van der Waals surface area contributed by atoms with Gasteiger partial charge in [0.1, 0.15) is 0 Å². The fraction of sp³-hybridized carbons (Fsp3) is 0.312. The number of benzene rings is 1. The highest BCUT2D eigenvalue weighted by Crippen LogP contribution is 2.30. The third-order valence-electron chi connectivity index (χ3n) is 3.69. The molecule has 0 saturated carbocycles. The molecule has 2 aromatic rings. The number of hydrogen-bond donors (Lipinski definition) is 1. The van der Waals surface area contributed by atoms with Crippen molar-refractivity contribution in [2.45, 2.75) is 31.7 Å². The first-order valence-electron chi connectivity index (χ1n) is 6.41. The molecule has 0 saturated heterocycles. The first-order valence-corrected chi connectivity index (χ1v) is 6.41. The van der Waals surface area contributed by atoms with Crippen molar-refractivity contribution in [2.24, 2.45) is 5.73 Å². The van der Waals surface area contributed by atoms with Crippen molar-refractivity contribution in [3.63, 3.8) is 0 Å². The van der Waals surface area contributed by atoms with Crippen LogP contribution < -0.4 is 5.73 Å². The second-order valence-electron chi connectivity index (χ2n) is 5.53. The summed E-state index contributed by atoms with van der Waals surface area (Å²) >= 11 is 0. The SMILES string of the molecule is Cc1cncc(CC2(N)Cc3ccccc3C2)c1. The number of fused-ring (bicyclic) bond motifs is 1. The van der Waals surface area contributed by atoms with E-state index < -0.39 is 0 Å². The van der Waals surface area contributed by atoms with Crippen molar-refractivity contribution in [3.05, 3.63) is 65.0 Å². The van der Waals surface area contributed by atoms with Gasteiger partial charge >= 0.3 is 0 Å². The molecule has 1 aromatic heterocycles. The highest BCUT2D eigenvalue weighted by atomic mass is 14.8. The molecule has 0 radical (unpaired) electrons. The largest absolute Gasteiger partial charge is 0.324 e. The Labute approximate surface area is 108 Å².